The average Bonchev–Trinajstić information content (AvgIpc) is 2.60. The van der Waals surface area contributed by atoms with Crippen molar-refractivity contribution in [3.63, 3.8) is 0 Å². The number of rotatable bonds is 6. The number of hydrogen-bond acceptors (Lipinski definition) is 2. The van der Waals surface area contributed by atoms with Crippen molar-refractivity contribution in [1.29, 1.82) is 0 Å². The lowest BCUT2D eigenvalue weighted by Crippen LogP contribution is -2.37. The molecule has 2 N–H and O–H groups in total. The largest absolute Gasteiger partial charge is 0.377 e. The minimum atomic E-state index is -0.373. The van der Waals surface area contributed by atoms with Crippen LogP contribution in [0.5, 0.6) is 0 Å². The predicted molar refractivity (Wildman–Crippen MR) is 109 cm³/mol. The molecule has 0 aliphatic heterocycles. The molecule has 1 aromatic heterocycles. The molecule has 0 unspecified atom stereocenters. The number of aryl methyl sites for hydroxylation is 2. The van der Waals surface area contributed by atoms with E-state index in [1.807, 2.05) is 38.4 Å². The quantitative estimate of drug-likeness (QED) is 0.416. The number of fused-ring (bicyclic) bond motifs is 2. The second kappa shape index (κ2) is 7.32. The molecule has 3 rings (SSSR count). The number of primary amides is 1. The zero-order valence-corrected chi connectivity index (χ0v) is 16.2. The molecule has 4 nitrogen and oxygen atoms in total. The summed E-state index contributed by atoms with van der Waals surface area (Å²) >= 11 is 0. The van der Waals surface area contributed by atoms with Gasteiger partial charge in [0.15, 0.2) is 0 Å². The summed E-state index contributed by atoms with van der Waals surface area (Å²) in [4.78, 5) is 14.4. The summed E-state index contributed by atoms with van der Waals surface area (Å²) in [7, 11) is 4.06. The highest BCUT2D eigenvalue weighted by Crippen LogP contribution is 2.28. The summed E-state index contributed by atoms with van der Waals surface area (Å²) in [5.41, 5.74) is 10.9. The highest BCUT2D eigenvalue weighted by atomic mass is 16.1. The molecule has 0 aliphatic rings. The third-order valence-electron chi connectivity index (χ3n) is 5.00. The van der Waals surface area contributed by atoms with Gasteiger partial charge in [-0.2, -0.15) is 4.57 Å². The van der Waals surface area contributed by atoms with E-state index in [1.54, 1.807) is 0 Å². The molecule has 0 bridgehead atoms. The Kier molecular flexibility index (Phi) is 5.12. The van der Waals surface area contributed by atoms with Crippen molar-refractivity contribution in [3.8, 4) is 0 Å². The zero-order valence-electron chi connectivity index (χ0n) is 16.2. The van der Waals surface area contributed by atoms with Crippen molar-refractivity contribution in [2.75, 3.05) is 19.0 Å². The van der Waals surface area contributed by atoms with Crippen LogP contribution in [0, 0.1) is 6.92 Å². The van der Waals surface area contributed by atoms with Crippen LogP contribution < -0.4 is 15.2 Å². The highest BCUT2D eigenvalue weighted by molar-refractivity contribution is 6.14. The summed E-state index contributed by atoms with van der Waals surface area (Å²) in [5.74, 6) is -0.373. The Morgan fingerprint density at radius 2 is 1.69 bits per heavy atom. The van der Waals surface area contributed by atoms with Crippen molar-refractivity contribution >= 4 is 33.4 Å². The van der Waals surface area contributed by atoms with Crippen molar-refractivity contribution in [1.82, 2.24) is 0 Å². The van der Waals surface area contributed by atoms with Gasteiger partial charge in [-0.3, -0.25) is 4.79 Å². The van der Waals surface area contributed by atoms with Gasteiger partial charge in [-0.25, -0.2) is 0 Å². The lowest BCUT2D eigenvalue weighted by molar-refractivity contribution is -0.645. The van der Waals surface area contributed by atoms with Crippen LogP contribution in [0.1, 0.15) is 42.1 Å². The van der Waals surface area contributed by atoms with Crippen molar-refractivity contribution in [2.24, 2.45) is 5.73 Å². The summed E-state index contributed by atoms with van der Waals surface area (Å²) in [6.45, 7) is 5.23. The van der Waals surface area contributed by atoms with Gasteiger partial charge >= 0.3 is 0 Å². The van der Waals surface area contributed by atoms with E-state index in [1.165, 1.54) is 18.4 Å². The fraction of sp³-hybridized carbons (Fsp3) is 0.364. The van der Waals surface area contributed by atoms with Gasteiger partial charge in [-0.1, -0.05) is 19.4 Å². The van der Waals surface area contributed by atoms with Crippen molar-refractivity contribution < 1.29 is 9.36 Å². The van der Waals surface area contributed by atoms with E-state index in [0.29, 0.717) is 5.56 Å². The van der Waals surface area contributed by atoms with Crippen LogP contribution in [0.15, 0.2) is 36.4 Å². The van der Waals surface area contributed by atoms with Gasteiger partial charge in [-0.05, 0) is 37.1 Å². The molecule has 26 heavy (non-hydrogen) atoms. The third-order valence-corrected chi connectivity index (χ3v) is 5.00. The first-order valence-electron chi connectivity index (χ1n) is 9.31. The van der Waals surface area contributed by atoms with Crippen molar-refractivity contribution in [3.05, 3.63) is 47.5 Å². The molecular formula is C22H28N3O+. The first-order chi connectivity index (χ1) is 12.4. The Balaban J connectivity index is 2.42. The van der Waals surface area contributed by atoms with Gasteiger partial charge in [0.2, 0.25) is 16.9 Å². The van der Waals surface area contributed by atoms with Crippen LogP contribution >= 0.6 is 0 Å². The monoisotopic (exact) mass is 350 g/mol. The number of aromatic nitrogens is 1. The topological polar surface area (TPSA) is 50.2 Å². The number of carbonyl (C=O) groups is 1. The average molecular weight is 350 g/mol. The number of benzene rings is 2. The normalized spacial score (nSPS) is 11.2. The molecule has 0 fully saturated rings. The first kappa shape index (κ1) is 18.2. The second-order valence-electron chi connectivity index (χ2n) is 7.21. The number of amides is 1. The third kappa shape index (κ3) is 3.24. The maximum absolute atomic E-state index is 12.3. The van der Waals surface area contributed by atoms with Crippen LogP contribution in [0.25, 0.3) is 21.8 Å². The molecule has 0 saturated carbocycles. The molecule has 0 aliphatic carbocycles. The number of anilines is 1. The maximum atomic E-state index is 12.3. The van der Waals surface area contributed by atoms with Crippen LogP contribution in [0.2, 0.25) is 0 Å². The van der Waals surface area contributed by atoms with E-state index in [4.69, 9.17) is 5.73 Å². The number of nitrogens with two attached hydrogens (primary N) is 1. The van der Waals surface area contributed by atoms with E-state index in [0.717, 1.165) is 40.5 Å². The predicted octanol–water partition coefficient (Wildman–Crippen LogP) is 3.94. The molecule has 0 spiro atoms. The zero-order chi connectivity index (χ0) is 18.8. The van der Waals surface area contributed by atoms with E-state index in [9.17, 15) is 4.79 Å². The smallest absolute Gasteiger partial charge is 0.250 e. The molecule has 1 amide bonds. The van der Waals surface area contributed by atoms with E-state index in [2.05, 4.69) is 35.4 Å². The van der Waals surface area contributed by atoms with Crippen molar-refractivity contribution in [2.45, 2.75) is 39.7 Å². The molecule has 1 heterocycles. The number of unbranched alkanes of at least 4 members (excludes halogenated alkanes) is 2. The van der Waals surface area contributed by atoms with E-state index >= 15 is 0 Å². The highest BCUT2D eigenvalue weighted by Gasteiger charge is 2.23. The van der Waals surface area contributed by atoms with Crippen LogP contribution in [-0.2, 0) is 6.54 Å². The molecule has 3 aromatic rings. The lowest BCUT2D eigenvalue weighted by Gasteiger charge is -2.15. The van der Waals surface area contributed by atoms with Gasteiger partial charge in [0.1, 0.15) is 6.54 Å². The molecule has 4 heteroatoms. The number of hydrogen-bond donors (Lipinski definition) is 1. The Hall–Kier alpha value is -2.62. The van der Waals surface area contributed by atoms with Crippen LogP contribution in [0.3, 0.4) is 0 Å². The molecule has 2 aromatic carbocycles. The molecule has 0 saturated heterocycles. The van der Waals surface area contributed by atoms with Crippen LogP contribution in [0.4, 0.5) is 5.69 Å². The summed E-state index contributed by atoms with van der Waals surface area (Å²) in [6, 6.07) is 12.5. The van der Waals surface area contributed by atoms with Crippen LogP contribution in [-0.4, -0.2) is 20.0 Å². The molecule has 0 atom stereocenters. The summed E-state index contributed by atoms with van der Waals surface area (Å²) in [6.07, 6.45) is 3.48. The summed E-state index contributed by atoms with van der Waals surface area (Å²) < 4.78 is 2.35. The Morgan fingerprint density at radius 3 is 2.31 bits per heavy atom. The molecule has 136 valence electrons. The standard InChI is InChI=1S/C22H27N3O/c1-5-6-7-12-25-19-13-15(2)8-10-17(19)21(22(23)26)18-11-9-16(24(3)4)14-20(18)25/h8-11,13-14H,5-7,12H2,1-4H3,(H-,23,26)/p+1. The first-order valence-corrected chi connectivity index (χ1v) is 9.31. The molecule has 0 radical (unpaired) electrons. The molecular weight excluding hydrogens is 322 g/mol. The second-order valence-corrected chi connectivity index (χ2v) is 7.21. The Labute approximate surface area is 155 Å². The van der Waals surface area contributed by atoms with Gasteiger partial charge in [0.25, 0.3) is 0 Å². The van der Waals surface area contributed by atoms with Gasteiger partial charge in [0, 0.05) is 38.3 Å². The summed E-state index contributed by atoms with van der Waals surface area (Å²) in [5, 5.41) is 1.86. The number of pyridine rings is 1. The minimum Gasteiger partial charge on any atom is -0.377 e. The maximum Gasteiger partial charge on any atom is 0.250 e. The minimum absolute atomic E-state index is 0.373. The number of nitrogens with zero attached hydrogens (tertiary/aromatic N) is 2. The van der Waals surface area contributed by atoms with E-state index < -0.39 is 0 Å². The van der Waals surface area contributed by atoms with Gasteiger partial charge < -0.3 is 10.6 Å². The fourth-order valence-electron chi connectivity index (χ4n) is 3.61. The van der Waals surface area contributed by atoms with E-state index in [-0.39, 0.29) is 5.91 Å². The fourth-order valence-corrected chi connectivity index (χ4v) is 3.61. The Bertz CT molecular complexity index is 976. The number of carbonyl (C=O) groups excluding carboxylic acids is 1. The lowest BCUT2D eigenvalue weighted by atomic mass is 9.99. The van der Waals surface area contributed by atoms with Gasteiger partial charge in [0.05, 0.1) is 16.3 Å². The van der Waals surface area contributed by atoms with Gasteiger partial charge in [-0.15, -0.1) is 0 Å². The Morgan fingerprint density at radius 1 is 1.04 bits per heavy atom. The SMILES string of the molecule is CCCCC[n+]1c2cc(C)ccc2c(C(N)=O)c2ccc(N(C)C)cc21.